The highest BCUT2D eigenvalue weighted by atomic mass is 16.2. The fourth-order valence-electron chi connectivity index (χ4n) is 5.54. The van der Waals surface area contributed by atoms with E-state index in [1.165, 1.54) is 33.2 Å². The van der Waals surface area contributed by atoms with Crippen LogP contribution in [0.1, 0.15) is 42.7 Å². The van der Waals surface area contributed by atoms with Gasteiger partial charge in [-0.3, -0.25) is 14.7 Å². The van der Waals surface area contributed by atoms with Crippen LogP contribution in [0.15, 0.2) is 73.1 Å². The Morgan fingerprint density at radius 3 is 2.51 bits per heavy atom. The monoisotopic (exact) mass is 490 g/mol. The Hall–Kier alpha value is -3.70. The first kappa shape index (κ1) is 23.7. The molecule has 0 spiro atoms. The number of aromatic amines is 1. The molecule has 0 atom stereocenters. The smallest absolute Gasteiger partial charge is 0.222 e. The van der Waals surface area contributed by atoms with Gasteiger partial charge in [0.1, 0.15) is 0 Å². The average molecular weight is 491 g/mol. The van der Waals surface area contributed by atoms with E-state index < -0.39 is 0 Å². The van der Waals surface area contributed by atoms with Crippen molar-refractivity contribution in [3.05, 3.63) is 95.5 Å². The van der Waals surface area contributed by atoms with Gasteiger partial charge in [0.15, 0.2) is 0 Å². The number of amides is 1. The van der Waals surface area contributed by atoms with Crippen molar-refractivity contribution in [3.63, 3.8) is 0 Å². The van der Waals surface area contributed by atoms with Crippen LogP contribution < -0.4 is 0 Å². The molecule has 3 heterocycles. The molecule has 5 nitrogen and oxygen atoms in total. The van der Waals surface area contributed by atoms with Crippen LogP contribution in [-0.4, -0.2) is 51.9 Å². The van der Waals surface area contributed by atoms with Crippen LogP contribution in [0.4, 0.5) is 0 Å². The summed E-state index contributed by atoms with van der Waals surface area (Å²) in [6.45, 7) is 8.66. The molecule has 1 aliphatic heterocycles. The predicted octanol–water partition coefficient (Wildman–Crippen LogP) is 5.91. The van der Waals surface area contributed by atoms with Crippen LogP contribution in [0.2, 0.25) is 0 Å². The lowest BCUT2D eigenvalue weighted by molar-refractivity contribution is -0.133. The minimum absolute atomic E-state index is 0.296. The van der Waals surface area contributed by atoms with Gasteiger partial charge in [0.25, 0.3) is 0 Å². The van der Waals surface area contributed by atoms with Gasteiger partial charge in [0, 0.05) is 74.6 Å². The quantitative estimate of drug-likeness (QED) is 0.366. The molecule has 1 fully saturated rings. The molecule has 1 amide bonds. The molecule has 4 aromatic rings. The third-order valence-electron chi connectivity index (χ3n) is 7.63. The molecular weight excluding hydrogens is 456 g/mol. The number of nitrogens with zero attached hydrogens (tertiary/aromatic N) is 3. The van der Waals surface area contributed by atoms with Gasteiger partial charge in [-0.1, -0.05) is 50.3 Å². The van der Waals surface area contributed by atoms with E-state index in [1.807, 2.05) is 17.3 Å². The highest BCUT2D eigenvalue weighted by Gasteiger charge is 2.22. The number of H-pyrrole nitrogens is 1. The number of benzene rings is 2. The van der Waals surface area contributed by atoms with Gasteiger partial charge in [0.2, 0.25) is 5.91 Å². The van der Waals surface area contributed by atoms with Crippen LogP contribution in [0, 0.1) is 5.92 Å². The summed E-state index contributed by atoms with van der Waals surface area (Å²) >= 11 is 0. The van der Waals surface area contributed by atoms with E-state index in [4.69, 9.17) is 4.98 Å². The molecule has 2 aliphatic rings. The molecule has 0 saturated carbocycles. The Balaban J connectivity index is 1.13. The molecule has 6 rings (SSSR count). The zero-order valence-electron chi connectivity index (χ0n) is 21.7. The van der Waals surface area contributed by atoms with E-state index in [9.17, 15) is 4.79 Å². The van der Waals surface area contributed by atoms with E-state index in [2.05, 4.69) is 84.4 Å². The second kappa shape index (κ2) is 9.98. The van der Waals surface area contributed by atoms with Gasteiger partial charge >= 0.3 is 0 Å². The molecule has 0 radical (unpaired) electrons. The van der Waals surface area contributed by atoms with Gasteiger partial charge in [0.05, 0.1) is 5.69 Å². The summed E-state index contributed by atoms with van der Waals surface area (Å²) in [5.74, 6) is 0.714. The van der Waals surface area contributed by atoms with Crippen molar-refractivity contribution in [2.24, 2.45) is 5.92 Å². The normalized spacial score (nSPS) is 15.9. The largest absolute Gasteiger partial charge is 0.361 e. The van der Waals surface area contributed by atoms with Crippen LogP contribution in [0.3, 0.4) is 0 Å². The van der Waals surface area contributed by atoms with Crippen molar-refractivity contribution in [2.75, 3.05) is 26.2 Å². The number of rotatable bonds is 6. The van der Waals surface area contributed by atoms with E-state index in [0.29, 0.717) is 18.2 Å². The number of fused-ring (bicyclic) bond motifs is 2. The second-order valence-corrected chi connectivity index (χ2v) is 10.8. The third kappa shape index (κ3) is 4.96. The van der Waals surface area contributed by atoms with Crippen molar-refractivity contribution in [1.29, 1.82) is 0 Å². The molecule has 0 bridgehead atoms. The van der Waals surface area contributed by atoms with Crippen molar-refractivity contribution in [1.82, 2.24) is 19.8 Å². The highest BCUT2D eigenvalue weighted by Crippen LogP contribution is 2.35. The summed E-state index contributed by atoms with van der Waals surface area (Å²) in [6.07, 6.45) is 7.83. The first-order valence-corrected chi connectivity index (χ1v) is 13.4. The van der Waals surface area contributed by atoms with E-state index in [1.54, 1.807) is 0 Å². The van der Waals surface area contributed by atoms with Crippen molar-refractivity contribution in [3.8, 4) is 11.1 Å². The molecule has 188 valence electrons. The second-order valence-electron chi connectivity index (χ2n) is 10.8. The number of nitrogens with one attached hydrogen (secondary N) is 1. The van der Waals surface area contributed by atoms with Crippen molar-refractivity contribution >= 4 is 22.4 Å². The Kier molecular flexibility index (Phi) is 6.39. The summed E-state index contributed by atoms with van der Waals surface area (Å²) in [5.41, 5.74) is 9.71. The standard InChI is InChI=1S/C32H34N4O/c1-22(2)17-32(37)36-15-13-35(14-16-36)21-23-3-5-24(6-4-23)27-19-29-28(8-10-31(29)34-20-27)25-7-9-30-26(18-25)11-12-33-30/h3-9,11-12,18-20,22,33H,10,13-17,21H2,1-2H3. The number of aromatic nitrogens is 2. The van der Waals surface area contributed by atoms with Crippen LogP contribution >= 0.6 is 0 Å². The van der Waals surface area contributed by atoms with E-state index in [0.717, 1.165) is 55.9 Å². The van der Waals surface area contributed by atoms with E-state index in [-0.39, 0.29) is 0 Å². The van der Waals surface area contributed by atoms with Crippen LogP contribution in [0.25, 0.3) is 27.6 Å². The van der Waals surface area contributed by atoms with Crippen molar-refractivity contribution < 1.29 is 4.79 Å². The zero-order valence-corrected chi connectivity index (χ0v) is 21.7. The fourth-order valence-corrected chi connectivity index (χ4v) is 5.54. The van der Waals surface area contributed by atoms with Gasteiger partial charge < -0.3 is 9.88 Å². The van der Waals surface area contributed by atoms with Gasteiger partial charge in [-0.25, -0.2) is 0 Å². The van der Waals surface area contributed by atoms with Crippen molar-refractivity contribution in [2.45, 2.75) is 33.2 Å². The summed E-state index contributed by atoms with van der Waals surface area (Å²) in [7, 11) is 0. The first-order chi connectivity index (χ1) is 18.0. The number of hydrogen-bond donors (Lipinski definition) is 1. The third-order valence-corrected chi connectivity index (χ3v) is 7.63. The molecule has 1 N–H and O–H groups in total. The maximum atomic E-state index is 12.4. The average Bonchev–Trinajstić information content (AvgIpc) is 3.55. The Labute approximate surface area is 218 Å². The summed E-state index contributed by atoms with van der Waals surface area (Å²) < 4.78 is 0. The molecule has 1 aliphatic carbocycles. The molecular formula is C32H34N4O. The lowest BCUT2D eigenvalue weighted by Gasteiger charge is -2.35. The van der Waals surface area contributed by atoms with Gasteiger partial charge in [-0.05, 0) is 57.8 Å². The Morgan fingerprint density at radius 1 is 0.946 bits per heavy atom. The minimum Gasteiger partial charge on any atom is -0.361 e. The fraction of sp³-hybridized carbons (Fsp3) is 0.312. The molecule has 0 unspecified atom stereocenters. The number of piperazine rings is 1. The zero-order chi connectivity index (χ0) is 25.4. The summed E-state index contributed by atoms with van der Waals surface area (Å²) in [4.78, 5) is 24.9. The lowest BCUT2D eigenvalue weighted by Crippen LogP contribution is -2.48. The SMILES string of the molecule is CC(C)CC(=O)N1CCN(Cc2ccc(-c3cnc4c(c3)C(c3ccc5[nH]ccc5c3)=CC4)cc2)CC1. The Bertz CT molecular complexity index is 1460. The lowest BCUT2D eigenvalue weighted by atomic mass is 9.97. The minimum atomic E-state index is 0.296. The first-order valence-electron chi connectivity index (χ1n) is 13.4. The van der Waals surface area contributed by atoms with Gasteiger partial charge in [-0.15, -0.1) is 0 Å². The maximum absolute atomic E-state index is 12.4. The summed E-state index contributed by atoms with van der Waals surface area (Å²) in [5, 5.41) is 1.23. The topological polar surface area (TPSA) is 52.2 Å². The number of allylic oxidation sites excluding steroid dienone is 1. The molecule has 37 heavy (non-hydrogen) atoms. The summed E-state index contributed by atoms with van der Waals surface area (Å²) in [6, 6.07) is 19.9. The Morgan fingerprint density at radius 2 is 1.73 bits per heavy atom. The van der Waals surface area contributed by atoms with Crippen LogP contribution in [0.5, 0.6) is 0 Å². The number of carbonyl (C=O) groups is 1. The maximum Gasteiger partial charge on any atom is 0.222 e. The van der Waals surface area contributed by atoms with Crippen LogP contribution in [-0.2, 0) is 17.8 Å². The number of hydrogen-bond acceptors (Lipinski definition) is 3. The number of pyridine rings is 1. The number of carbonyl (C=O) groups excluding carboxylic acids is 1. The highest BCUT2D eigenvalue weighted by molar-refractivity contribution is 5.90. The predicted molar refractivity (Wildman–Crippen MR) is 150 cm³/mol. The molecule has 2 aromatic carbocycles. The van der Waals surface area contributed by atoms with E-state index >= 15 is 0 Å². The molecule has 5 heteroatoms. The van der Waals surface area contributed by atoms with Gasteiger partial charge in [-0.2, -0.15) is 0 Å². The molecule has 2 aromatic heterocycles. The molecule has 1 saturated heterocycles.